The van der Waals surface area contributed by atoms with Gasteiger partial charge in [0.15, 0.2) is 0 Å². The maximum atomic E-state index is 13.6. The van der Waals surface area contributed by atoms with Gasteiger partial charge in [-0.1, -0.05) is 31.2 Å². The summed E-state index contributed by atoms with van der Waals surface area (Å²) >= 11 is 0. The van der Waals surface area contributed by atoms with Gasteiger partial charge in [-0.2, -0.15) is 5.26 Å². The molecule has 0 aromatic heterocycles. The highest BCUT2D eigenvalue weighted by atomic mass is 19.1. The number of anilines is 1. The lowest BCUT2D eigenvalue weighted by Crippen LogP contribution is -2.14. The fourth-order valence-corrected chi connectivity index (χ4v) is 1.98. The maximum absolute atomic E-state index is 13.6. The van der Waals surface area contributed by atoms with Crippen molar-refractivity contribution < 1.29 is 13.9 Å². The molecule has 0 bridgehead atoms. The zero-order valence-electron chi connectivity index (χ0n) is 13.3. The lowest BCUT2D eigenvalue weighted by molar-refractivity contribution is -0.112. The van der Waals surface area contributed by atoms with Crippen molar-refractivity contribution in [2.45, 2.75) is 13.3 Å². The molecule has 2 rings (SSSR count). The van der Waals surface area contributed by atoms with E-state index in [9.17, 15) is 14.4 Å². The standard InChI is InChI=1S/C19H17FN2O2/c1-2-10-24-16-7-5-6-14(12-16)11-15(13-21)19(23)22-18-9-4-3-8-17(18)20/h3-9,11-12H,2,10H2,1H3,(H,22,23)/b15-11-. The van der Waals surface area contributed by atoms with Crippen molar-refractivity contribution in [1.82, 2.24) is 0 Å². The molecule has 0 aliphatic carbocycles. The van der Waals surface area contributed by atoms with Gasteiger partial charge in [0.05, 0.1) is 12.3 Å². The van der Waals surface area contributed by atoms with Crippen LogP contribution in [0.3, 0.4) is 0 Å². The number of rotatable bonds is 6. The van der Waals surface area contributed by atoms with Crippen LogP contribution in [0, 0.1) is 17.1 Å². The minimum Gasteiger partial charge on any atom is -0.494 e. The Labute approximate surface area is 140 Å². The number of benzene rings is 2. The van der Waals surface area contributed by atoms with E-state index in [2.05, 4.69) is 5.32 Å². The van der Waals surface area contributed by atoms with Crippen LogP contribution in [0.5, 0.6) is 5.75 Å². The highest BCUT2D eigenvalue weighted by molar-refractivity contribution is 6.09. The molecule has 2 aromatic rings. The molecule has 0 radical (unpaired) electrons. The van der Waals surface area contributed by atoms with Crippen LogP contribution in [0.1, 0.15) is 18.9 Å². The van der Waals surface area contributed by atoms with Crippen molar-refractivity contribution in [3.8, 4) is 11.8 Å². The quantitative estimate of drug-likeness (QED) is 0.641. The molecule has 5 heteroatoms. The van der Waals surface area contributed by atoms with Crippen LogP contribution in [0.2, 0.25) is 0 Å². The molecular formula is C19H17FN2O2. The SMILES string of the molecule is CCCOc1cccc(/C=C(/C#N)C(=O)Nc2ccccc2F)c1. The molecule has 1 amide bonds. The second kappa shape index (κ2) is 8.49. The number of para-hydroxylation sites is 1. The monoisotopic (exact) mass is 324 g/mol. The van der Waals surface area contributed by atoms with E-state index >= 15 is 0 Å². The Balaban J connectivity index is 2.18. The van der Waals surface area contributed by atoms with Crippen molar-refractivity contribution in [3.63, 3.8) is 0 Å². The molecular weight excluding hydrogens is 307 g/mol. The van der Waals surface area contributed by atoms with Crippen LogP contribution in [0.15, 0.2) is 54.1 Å². The highest BCUT2D eigenvalue weighted by Crippen LogP contribution is 2.18. The van der Waals surface area contributed by atoms with Gasteiger partial charge < -0.3 is 10.1 Å². The van der Waals surface area contributed by atoms with Gasteiger partial charge >= 0.3 is 0 Å². The predicted octanol–water partition coefficient (Wildman–Crippen LogP) is 4.16. The lowest BCUT2D eigenvalue weighted by atomic mass is 10.1. The molecule has 4 nitrogen and oxygen atoms in total. The van der Waals surface area contributed by atoms with Crippen molar-refractivity contribution in [1.29, 1.82) is 5.26 Å². The van der Waals surface area contributed by atoms with Gasteiger partial charge in [-0.3, -0.25) is 4.79 Å². The number of hydrogen-bond donors (Lipinski definition) is 1. The van der Waals surface area contributed by atoms with Crippen molar-refractivity contribution in [2.75, 3.05) is 11.9 Å². The lowest BCUT2D eigenvalue weighted by Gasteiger charge is -2.06. The third kappa shape index (κ3) is 4.68. The summed E-state index contributed by atoms with van der Waals surface area (Å²) in [5.41, 5.74) is 0.568. The number of nitriles is 1. The first-order chi connectivity index (χ1) is 11.6. The molecule has 122 valence electrons. The van der Waals surface area contributed by atoms with Crippen LogP contribution in [0.4, 0.5) is 10.1 Å². The molecule has 0 atom stereocenters. The Morgan fingerprint density at radius 1 is 1.29 bits per heavy atom. The number of ether oxygens (including phenoxy) is 1. The Bertz CT molecular complexity index is 794. The van der Waals surface area contributed by atoms with Crippen LogP contribution in [-0.2, 0) is 4.79 Å². The van der Waals surface area contributed by atoms with Crippen LogP contribution in [0.25, 0.3) is 6.08 Å². The number of amides is 1. The topological polar surface area (TPSA) is 62.1 Å². The third-order valence-electron chi connectivity index (χ3n) is 3.13. The predicted molar refractivity (Wildman–Crippen MR) is 90.8 cm³/mol. The van der Waals surface area contributed by atoms with Gasteiger partial charge in [0.2, 0.25) is 0 Å². The summed E-state index contributed by atoms with van der Waals surface area (Å²) in [7, 11) is 0. The molecule has 0 aliphatic heterocycles. The fraction of sp³-hybridized carbons (Fsp3) is 0.158. The Morgan fingerprint density at radius 2 is 2.08 bits per heavy atom. The first kappa shape index (κ1) is 17.2. The summed E-state index contributed by atoms with van der Waals surface area (Å²) in [6.45, 7) is 2.59. The number of hydrogen-bond acceptors (Lipinski definition) is 3. The average molecular weight is 324 g/mol. The number of nitrogens with one attached hydrogen (secondary N) is 1. The summed E-state index contributed by atoms with van der Waals surface area (Å²) in [4.78, 5) is 12.2. The zero-order valence-corrected chi connectivity index (χ0v) is 13.3. The van der Waals surface area contributed by atoms with E-state index in [1.54, 1.807) is 30.3 Å². The molecule has 0 saturated carbocycles. The average Bonchev–Trinajstić information content (AvgIpc) is 2.60. The minimum atomic E-state index is -0.664. The molecule has 0 saturated heterocycles. The van der Waals surface area contributed by atoms with Gasteiger partial charge in [0.25, 0.3) is 5.91 Å². The smallest absolute Gasteiger partial charge is 0.266 e. The molecule has 24 heavy (non-hydrogen) atoms. The molecule has 0 spiro atoms. The number of halogens is 1. The Kier molecular flexibility index (Phi) is 6.09. The van der Waals surface area contributed by atoms with Crippen molar-refractivity contribution in [2.24, 2.45) is 0 Å². The van der Waals surface area contributed by atoms with E-state index in [-0.39, 0.29) is 11.3 Å². The van der Waals surface area contributed by atoms with Gasteiger partial charge in [-0.25, -0.2) is 4.39 Å². The van der Waals surface area contributed by atoms with Crippen LogP contribution in [-0.4, -0.2) is 12.5 Å². The first-order valence-corrected chi connectivity index (χ1v) is 7.54. The summed E-state index contributed by atoms with van der Waals surface area (Å²) < 4.78 is 19.1. The number of carbonyl (C=O) groups is 1. The second-order valence-electron chi connectivity index (χ2n) is 5.02. The van der Waals surface area contributed by atoms with E-state index in [0.29, 0.717) is 17.9 Å². The summed E-state index contributed by atoms with van der Waals surface area (Å²) in [6.07, 6.45) is 2.32. The molecule has 0 heterocycles. The van der Waals surface area contributed by atoms with Gasteiger partial charge in [0, 0.05) is 0 Å². The van der Waals surface area contributed by atoms with E-state index in [1.807, 2.05) is 13.0 Å². The summed E-state index contributed by atoms with van der Waals surface area (Å²) in [5, 5.41) is 11.6. The van der Waals surface area contributed by atoms with E-state index in [4.69, 9.17) is 4.74 Å². The third-order valence-corrected chi connectivity index (χ3v) is 3.13. The highest BCUT2D eigenvalue weighted by Gasteiger charge is 2.11. The Hall–Kier alpha value is -3.13. The zero-order chi connectivity index (χ0) is 17.4. The van der Waals surface area contributed by atoms with Crippen molar-refractivity contribution >= 4 is 17.7 Å². The molecule has 0 unspecified atom stereocenters. The molecule has 0 aliphatic rings. The van der Waals surface area contributed by atoms with E-state index < -0.39 is 11.7 Å². The number of nitrogens with zero attached hydrogens (tertiary/aromatic N) is 1. The Morgan fingerprint density at radius 3 is 2.79 bits per heavy atom. The molecule has 2 aromatic carbocycles. The maximum Gasteiger partial charge on any atom is 0.266 e. The van der Waals surface area contributed by atoms with Crippen LogP contribution < -0.4 is 10.1 Å². The van der Waals surface area contributed by atoms with Crippen LogP contribution >= 0.6 is 0 Å². The summed E-state index contributed by atoms with van der Waals surface area (Å²) in [5.74, 6) is -0.557. The molecule has 0 fully saturated rings. The first-order valence-electron chi connectivity index (χ1n) is 7.54. The van der Waals surface area contributed by atoms with Gasteiger partial charge in [0.1, 0.15) is 23.2 Å². The van der Waals surface area contributed by atoms with E-state index in [1.165, 1.54) is 24.3 Å². The number of carbonyl (C=O) groups excluding carboxylic acids is 1. The fourth-order valence-electron chi connectivity index (χ4n) is 1.98. The normalized spacial score (nSPS) is 10.8. The second-order valence-corrected chi connectivity index (χ2v) is 5.02. The molecule has 1 N–H and O–H groups in total. The largest absolute Gasteiger partial charge is 0.494 e. The summed E-state index contributed by atoms with van der Waals surface area (Å²) in [6, 6.07) is 14.7. The van der Waals surface area contributed by atoms with E-state index in [0.717, 1.165) is 6.42 Å². The minimum absolute atomic E-state index is 0.0312. The van der Waals surface area contributed by atoms with Crippen molar-refractivity contribution in [3.05, 3.63) is 65.5 Å². The van der Waals surface area contributed by atoms with Gasteiger partial charge in [-0.15, -0.1) is 0 Å². The van der Waals surface area contributed by atoms with Gasteiger partial charge in [-0.05, 0) is 42.3 Å².